The number of hydrogen-bond acceptors (Lipinski definition) is 4. The van der Waals surface area contributed by atoms with Gasteiger partial charge in [-0.25, -0.2) is 12.8 Å². The summed E-state index contributed by atoms with van der Waals surface area (Å²) in [5.41, 5.74) is 1.30. The van der Waals surface area contributed by atoms with Gasteiger partial charge in [-0.05, 0) is 42.8 Å². The molecule has 7 heteroatoms. The van der Waals surface area contributed by atoms with Crippen LogP contribution in [0.1, 0.15) is 6.42 Å². The van der Waals surface area contributed by atoms with Crippen LogP contribution in [0.15, 0.2) is 54.6 Å². The highest BCUT2D eigenvalue weighted by atomic mass is 32.2. The molecule has 1 heterocycles. The summed E-state index contributed by atoms with van der Waals surface area (Å²) in [5, 5.41) is 2.96. The van der Waals surface area contributed by atoms with Gasteiger partial charge in [-0.1, -0.05) is 18.2 Å². The summed E-state index contributed by atoms with van der Waals surface area (Å²) in [5.74, 6) is -0.499. The fraction of sp³-hybridized carbons (Fsp3) is 0.278. The predicted octanol–water partition coefficient (Wildman–Crippen LogP) is 2.46. The Labute approximate surface area is 146 Å². The van der Waals surface area contributed by atoms with Crippen molar-refractivity contribution in [2.75, 3.05) is 28.3 Å². The highest BCUT2D eigenvalue weighted by Crippen LogP contribution is 2.24. The van der Waals surface area contributed by atoms with Crippen molar-refractivity contribution in [3.63, 3.8) is 0 Å². The van der Waals surface area contributed by atoms with Crippen molar-refractivity contribution in [3.8, 4) is 0 Å². The molecule has 1 amide bonds. The first-order valence-electron chi connectivity index (χ1n) is 8.01. The average molecular weight is 362 g/mol. The third-order valence-electron chi connectivity index (χ3n) is 4.16. The molecule has 0 aliphatic carbocycles. The normalized spacial score (nSPS) is 18.7. The molecular weight excluding hydrogens is 343 g/mol. The average Bonchev–Trinajstić information content (AvgIpc) is 2.95. The number of sulfone groups is 1. The van der Waals surface area contributed by atoms with Crippen LogP contribution in [0.3, 0.4) is 0 Å². The van der Waals surface area contributed by atoms with E-state index >= 15 is 0 Å². The number of anilines is 2. The first-order valence-corrected chi connectivity index (χ1v) is 9.84. The zero-order chi connectivity index (χ0) is 17.9. The first-order chi connectivity index (χ1) is 11.9. The lowest BCUT2D eigenvalue weighted by Crippen LogP contribution is -2.44. The second kappa shape index (κ2) is 7.23. The van der Waals surface area contributed by atoms with Crippen LogP contribution in [0.25, 0.3) is 0 Å². The van der Waals surface area contributed by atoms with Crippen LogP contribution >= 0.6 is 0 Å². The molecule has 0 unspecified atom stereocenters. The van der Waals surface area contributed by atoms with E-state index in [1.54, 1.807) is 29.2 Å². The molecule has 1 aliphatic rings. The molecule has 1 fully saturated rings. The molecule has 1 aliphatic heterocycles. The van der Waals surface area contributed by atoms with Gasteiger partial charge < -0.3 is 10.2 Å². The Morgan fingerprint density at radius 2 is 1.80 bits per heavy atom. The van der Waals surface area contributed by atoms with Crippen molar-refractivity contribution >= 4 is 27.1 Å². The van der Waals surface area contributed by atoms with Crippen molar-refractivity contribution in [1.82, 2.24) is 0 Å². The van der Waals surface area contributed by atoms with E-state index in [1.807, 2.05) is 18.2 Å². The van der Waals surface area contributed by atoms with Gasteiger partial charge in [0.2, 0.25) is 5.91 Å². The Kier molecular flexibility index (Phi) is 5.03. The van der Waals surface area contributed by atoms with Crippen LogP contribution in [0.4, 0.5) is 15.8 Å². The molecule has 0 radical (unpaired) electrons. The molecule has 0 spiro atoms. The van der Waals surface area contributed by atoms with E-state index in [0.717, 1.165) is 0 Å². The van der Waals surface area contributed by atoms with Gasteiger partial charge >= 0.3 is 0 Å². The maximum absolute atomic E-state index is 13.0. The van der Waals surface area contributed by atoms with Gasteiger partial charge in [0.25, 0.3) is 0 Å². The minimum Gasteiger partial charge on any atom is -0.376 e. The van der Waals surface area contributed by atoms with E-state index in [2.05, 4.69) is 5.32 Å². The summed E-state index contributed by atoms with van der Waals surface area (Å²) < 4.78 is 36.6. The second-order valence-corrected chi connectivity index (χ2v) is 8.25. The highest BCUT2D eigenvalue weighted by Gasteiger charge is 2.35. The fourth-order valence-corrected chi connectivity index (χ4v) is 4.66. The van der Waals surface area contributed by atoms with Gasteiger partial charge in [-0.3, -0.25) is 4.79 Å². The minimum absolute atomic E-state index is 0.00290. The Bertz CT molecular complexity index is 838. The van der Waals surface area contributed by atoms with Crippen LogP contribution < -0.4 is 10.2 Å². The summed E-state index contributed by atoms with van der Waals surface area (Å²) in [6.07, 6.45) is 0.430. The Morgan fingerprint density at radius 1 is 1.12 bits per heavy atom. The van der Waals surface area contributed by atoms with Crippen LogP contribution in [0.2, 0.25) is 0 Å². The first kappa shape index (κ1) is 17.4. The van der Waals surface area contributed by atoms with Crippen LogP contribution in [-0.2, 0) is 14.6 Å². The van der Waals surface area contributed by atoms with E-state index in [0.29, 0.717) is 17.8 Å². The second-order valence-electron chi connectivity index (χ2n) is 6.02. The van der Waals surface area contributed by atoms with Crippen molar-refractivity contribution in [3.05, 3.63) is 60.4 Å². The van der Waals surface area contributed by atoms with Gasteiger partial charge in [-0.15, -0.1) is 0 Å². The number of nitrogens with zero attached hydrogens (tertiary/aromatic N) is 1. The molecule has 0 saturated carbocycles. The van der Waals surface area contributed by atoms with Crippen LogP contribution in [-0.4, -0.2) is 38.4 Å². The lowest BCUT2D eigenvalue weighted by Gasteiger charge is -2.28. The largest absolute Gasteiger partial charge is 0.376 e. The molecule has 3 rings (SSSR count). The van der Waals surface area contributed by atoms with Gasteiger partial charge in [0.05, 0.1) is 24.1 Å². The maximum Gasteiger partial charge on any atom is 0.246 e. The number of rotatable bonds is 5. The summed E-state index contributed by atoms with van der Waals surface area (Å²) in [7, 11) is -3.11. The highest BCUT2D eigenvalue weighted by molar-refractivity contribution is 7.91. The van der Waals surface area contributed by atoms with E-state index < -0.39 is 9.84 Å². The van der Waals surface area contributed by atoms with Gasteiger partial charge in [0.1, 0.15) is 5.82 Å². The van der Waals surface area contributed by atoms with E-state index in [4.69, 9.17) is 0 Å². The Hall–Kier alpha value is -2.41. The number of para-hydroxylation sites is 1. The molecule has 2 aromatic carbocycles. The standard InChI is InChI=1S/C18H19FN2O3S/c19-14-6-8-15(9-7-14)20-12-18(22)21(16-4-2-1-3-5-16)17-10-11-25(23,24)13-17/h1-9,17,20H,10-13H2/t17-/m1/s1. The number of amides is 1. The van der Waals surface area contributed by atoms with E-state index in [9.17, 15) is 17.6 Å². The zero-order valence-electron chi connectivity index (χ0n) is 13.6. The fourth-order valence-electron chi connectivity index (χ4n) is 2.96. The summed E-state index contributed by atoms with van der Waals surface area (Å²) in [4.78, 5) is 14.3. The van der Waals surface area contributed by atoms with Gasteiger partial charge in [0.15, 0.2) is 9.84 Å². The topological polar surface area (TPSA) is 66.5 Å². The quantitative estimate of drug-likeness (QED) is 0.887. The predicted molar refractivity (Wildman–Crippen MR) is 95.9 cm³/mol. The third-order valence-corrected chi connectivity index (χ3v) is 5.91. The molecule has 0 aromatic heterocycles. The summed E-state index contributed by atoms with van der Waals surface area (Å²) in [6, 6.07) is 14.4. The lowest BCUT2D eigenvalue weighted by atomic mass is 10.1. The summed E-state index contributed by atoms with van der Waals surface area (Å²) >= 11 is 0. The van der Waals surface area contributed by atoms with Crippen molar-refractivity contribution in [1.29, 1.82) is 0 Å². The number of hydrogen-bond donors (Lipinski definition) is 1. The van der Waals surface area contributed by atoms with Crippen LogP contribution in [0.5, 0.6) is 0 Å². The Morgan fingerprint density at radius 3 is 2.40 bits per heavy atom. The number of benzene rings is 2. The van der Waals surface area contributed by atoms with Crippen molar-refractivity contribution in [2.24, 2.45) is 0 Å². The molecule has 0 bridgehead atoms. The van der Waals surface area contributed by atoms with E-state index in [1.165, 1.54) is 12.1 Å². The molecule has 1 saturated heterocycles. The monoisotopic (exact) mass is 362 g/mol. The van der Waals surface area contributed by atoms with Gasteiger partial charge in [-0.2, -0.15) is 0 Å². The molecule has 1 atom stereocenters. The lowest BCUT2D eigenvalue weighted by molar-refractivity contribution is -0.117. The molecule has 2 aromatic rings. The maximum atomic E-state index is 13.0. The van der Waals surface area contributed by atoms with Crippen molar-refractivity contribution in [2.45, 2.75) is 12.5 Å². The SMILES string of the molecule is O=C(CNc1ccc(F)cc1)N(c1ccccc1)[C@@H]1CCS(=O)(=O)C1. The molecular formula is C18H19FN2O3S. The zero-order valence-corrected chi connectivity index (χ0v) is 14.4. The smallest absolute Gasteiger partial charge is 0.246 e. The molecule has 132 valence electrons. The van der Waals surface area contributed by atoms with Crippen LogP contribution in [0, 0.1) is 5.82 Å². The number of carbonyl (C=O) groups is 1. The number of halogens is 1. The number of nitrogens with one attached hydrogen (secondary N) is 1. The van der Waals surface area contributed by atoms with Crippen molar-refractivity contribution < 1.29 is 17.6 Å². The molecule has 1 N–H and O–H groups in total. The summed E-state index contributed by atoms with van der Waals surface area (Å²) in [6.45, 7) is -0.00290. The van der Waals surface area contributed by atoms with E-state index in [-0.39, 0.29) is 35.8 Å². The Balaban J connectivity index is 1.76. The van der Waals surface area contributed by atoms with Gasteiger partial charge in [0, 0.05) is 11.4 Å². The molecule has 25 heavy (non-hydrogen) atoms. The molecule has 5 nitrogen and oxygen atoms in total. The minimum atomic E-state index is -3.11. The number of carbonyl (C=O) groups excluding carboxylic acids is 1. The third kappa shape index (κ3) is 4.36.